The molecule has 172 valence electrons. The molecule has 1 aromatic carbocycles. The van der Waals surface area contributed by atoms with Gasteiger partial charge in [0.1, 0.15) is 21.9 Å². The molecule has 2 aromatic heterocycles. The van der Waals surface area contributed by atoms with Crippen molar-refractivity contribution in [3.63, 3.8) is 0 Å². The van der Waals surface area contributed by atoms with Gasteiger partial charge in [-0.1, -0.05) is 11.2 Å². The molecular weight excluding hydrogens is 504 g/mol. The molecule has 12 nitrogen and oxygen atoms in total. The summed E-state index contributed by atoms with van der Waals surface area (Å²) in [5, 5.41) is 12.2. The Balaban J connectivity index is 0.00000256. The molecule has 32 heavy (non-hydrogen) atoms. The van der Waals surface area contributed by atoms with Crippen molar-refractivity contribution < 1.29 is 27.2 Å². The minimum Gasteiger partial charge on any atom is -0.344 e. The molecular formula is C15H17FN7O5PS3. The summed E-state index contributed by atoms with van der Waals surface area (Å²) in [5.41, 5.74) is 7.70. The Labute approximate surface area is 189 Å². The zero-order valence-electron chi connectivity index (χ0n) is 16.0. The molecule has 0 radical (unpaired) electrons. The van der Waals surface area contributed by atoms with Crippen molar-refractivity contribution in [1.29, 1.82) is 5.26 Å². The van der Waals surface area contributed by atoms with Gasteiger partial charge in [-0.2, -0.15) is 9.98 Å². The van der Waals surface area contributed by atoms with Gasteiger partial charge in [0, 0.05) is 19.2 Å². The number of rotatable bonds is 7. The Bertz CT molecular complexity index is 1340. The fourth-order valence-electron chi connectivity index (χ4n) is 2.50. The minimum absolute atomic E-state index is 0. The third kappa shape index (κ3) is 5.88. The molecule has 3 rings (SSSR count). The number of thiophene rings is 2. The normalized spacial score (nSPS) is 12.2. The van der Waals surface area contributed by atoms with Crippen molar-refractivity contribution in [3.8, 4) is 6.07 Å². The number of benzene rings is 1. The van der Waals surface area contributed by atoms with E-state index in [1.807, 2.05) is 4.72 Å². The van der Waals surface area contributed by atoms with Crippen LogP contribution >= 0.6 is 30.3 Å². The second kappa shape index (κ2) is 10.5. The van der Waals surface area contributed by atoms with Crippen LogP contribution in [0.4, 0.5) is 4.39 Å². The molecule has 0 bridgehead atoms. The predicted octanol–water partition coefficient (Wildman–Crippen LogP) is 4.26. The van der Waals surface area contributed by atoms with Gasteiger partial charge in [0.05, 0.1) is 12.1 Å². The fraction of sp³-hybridized carbons (Fsp3) is 0.133. The van der Waals surface area contributed by atoms with E-state index in [9.17, 15) is 27.2 Å². The molecule has 1 unspecified atom stereocenters. The van der Waals surface area contributed by atoms with Crippen LogP contribution < -0.4 is 17.0 Å². The maximum Gasteiger partial charge on any atom is 0.347 e. The molecule has 2 heterocycles. The number of nitrogens with one attached hydrogen (secondary N) is 1. The maximum absolute atomic E-state index is 13.9. The Hall–Kier alpha value is -2.41. The van der Waals surface area contributed by atoms with Crippen molar-refractivity contribution in [3.05, 3.63) is 62.6 Å². The minimum atomic E-state index is -5.08. The maximum atomic E-state index is 13.9. The Morgan fingerprint density at radius 2 is 1.91 bits per heavy atom. The van der Waals surface area contributed by atoms with Gasteiger partial charge in [-0.25, -0.2) is 12.8 Å². The Kier molecular flexibility index (Phi) is 9.04. The molecule has 17 heteroatoms. The van der Waals surface area contributed by atoms with Crippen LogP contribution in [0.25, 0.3) is 19.8 Å². The van der Waals surface area contributed by atoms with E-state index in [4.69, 9.17) is 10.8 Å². The van der Waals surface area contributed by atoms with Crippen molar-refractivity contribution in [2.45, 2.75) is 16.5 Å². The van der Waals surface area contributed by atoms with Crippen LogP contribution in [-0.4, -0.2) is 18.2 Å². The van der Waals surface area contributed by atoms with Gasteiger partial charge in [0.2, 0.25) is 0 Å². The van der Waals surface area contributed by atoms with E-state index >= 15 is 0 Å². The molecule has 0 spiro atoms. The van der Waals surface area contributed by atoms with Gasteiger partial charge in [0.25, 0.3) is 10.0 Å². The van der Waals surface area contributed by atoms with Gasteiger partial charge in [0.15, 0.2) is 0 Å². The first-order valence-electron chi connectivity index (χ1n) is 7.85. The molecule has 0 saturated carbocycles. The lowest BCUT2D eigenvalue weighted by molar-refractivity contribution is 0.355. The number of nitrogens with zero attached hydrogens (tertiary/aromatic N) is 4. The number of fused-ring (bicyclic) bond motifs is 1. The summed E-state index contributed by atoms with van der Waals surface area (Å²) in [6, 6.07) is 7.36. The highest BCUT2D eigenvalue weighted by Crippen LogP contribution is 2.51. The van der Waals surface area contributed by atoms with E-state index in [1.165, 1.54) is 17.4 Å². The van der Waals surface area contributed by atoms with E-state index in [-0.39, 0.29) is 34.2 Å². The number of halogens is 1. The Morgan fingerprint density at radius 1 is 1.25 bits per heavy atom. The van der Waals surface area contributed by atoms with Crippen LogP contribution in [0.15, 0.2) is 39.7 Å². The molecule has 9 N–H and O–H groups in total. The van der Waals surface area contributed by atoms with Crippen LogP contribution in [0.1, 0.15) is 21.8 Å². The summed E-state index contributed by atoms with van der Waals surface area (Å²) in [7, 11) is -9.44. The van der Waals surface area contributed by atoms with Crippen LogP contribution in [0, 0.1) is 17.1 Å². The standard InChI is InChI=1S/C15H11FN5O5PS3.2H3N/c16-11-3-8(1-2-9(11)6-17)15(27(22,23)24)20-30(25,26)14-5-13-12(29-14)4-10(28-13)7-19-21-18;;/h1-5,15,20H,7H2,(H2,22,23,24);2*1H3. The first-order chi connectivity index (χ1) is 14.0. The molecule has 0 amide bonds. The SMILES string of the molecule is N.N.N#Cc1ccc(C(NS(=O)(=O)c2cc3sc(CN=[N+]=[N-])cc3s2)P(=O)(O)O)cc1F. The molecule has 0 saturated heterocycles. The van der Waals surface area contributed by atoms with Gasteiger partial charge >= 0.3 is 7.60 Å². The van der Waals surface area contributed by atoms with Crippen LogP contribution in [-0.2, 0) is 21.1 Å². The van der Waals surface area contributed by atoms with Crippen molar-refractivity contribution >= 4 is 49.7 Å². The van der Waals surface area contributed by atoms with E-state index in [0.29, 0.717) is 15.5 Å². The van der Waals surface area contributed by atoms with Gasteiger partial charge < -0.3 is 22.1 Å². The first-order valence-corrected chi connectivity index (χ1v) is 12.6. The van der Waals surface area contributed by atoms with E-state index in [2.05, 4.69) is 10.0 Å². The average molecular weight is 522 g/mol. The smallest absolute Gasteiger partial charge is 0.344 e. The highest BCUT2D eigenvalue weighted by molar-refractivity contribution is 7.92. The zero-order valence-corrected chi connectivity index (χ0v) is 19.4. The van der Waals surface area contributed by atoms with Crippen LogP contribution in [0.3, 0.4) is 0 Å². The quantitative estimate of drug-likeness (QED) is 0.130. The van der Waals surface area contributed by atoms with Gasteiger partial charge in [-0.15, -0.1) is 22.7 Å². The largest absolute Gasteiger partial charge is 0.347 e. The number of azide groups is 1. The highest BCUT2D eigenvalue weighted by atomic mass is 32.2. The van der Waals surface area contributed by atoms with Crippen molar-refractivity contribution in [2.75, 3.05) is 0 Å². The number of hydrogen-bond acceptors (Lipinski definition) is 9. The summed E-state index contributed by atoms with van der Waals surface area (Å²) in [6.07, 6.45) is 0. The fourth-order valence-corrected chi connectivity index (χ4v) is 7.84. The lowest BCUT2D eigenvalue weighted by atomic mass is 10.1. The monoisotopic (exact) mass is 521 g/mol. The molecule has 0 aliphatic carbocycles. The average Bonchev–Trinajstić information content (AvgIpc) is 3.23. The third-order valence-electron chi connectivity index (χ3n) is 3.82. The van der Waals surface area contributed by atoms with E-state index < -0.39 is 29.2 Å². The Morgan fingerprint density at radius 3 is 2.44 bits per heavy atom. The van der Waals surface area contributed by atoms with Gasteiger partial charge in [-0.05, 0) is 35.4 Å². The highest BCUT2D eigenvalue weighted by Gasteiger charge is 2.36. The number of nitriles is 1. The third-order valence-corrected chi connectivity index (χ3v) is 9.27. The summed E-state index contributed by atoms with van der Waals surface area (Å²) in [5.74, 6) is -3.07. The van der Waals surface area contributed by atoms with Crippen molar-refractivity contribution in [1.82, 2.24) is 17.0 Å². The zero-order chi connectivity index (χ0) is 22.1. The van der Waals surface area contributed by atoms with Gasteiger partial charge in [-0.3, -0.25) is 4.57 Å². The summed E-state index contributed by atoms with van der Waals surface area (Å²) in [4.78, 5) is 22.7. The first kappa shape index (κ1) is 27.6. The molecule has 0 fully saturated rings. The topological polar surface area (TPSA) is 246 Å². The van der Waals surface area contributed by atoms with Crippen molar-refractivity contribution in [2.24, 2.45) is 5.11 Å². The van der Waals surface area contributed by atoms with E-state index in [1.54, 1.807) is 12.1 Å². The molecule has 0 aliphatic rings. The predicted molar refractivity (Wildman–Crippen MR) is 119 cm³/mol. The lowest BCUT2D eigenvalue weighted by Crippen LogP contribution is -2.28. The summed E-state index contributed by atoms with van der Waals surface area (Å²) >= 11 is 2.09. The second-order valence-electron chi connectivity index (χ2n) is 5.86. The summed E-state index contributed by atoms with van der Waals surface area (Å²) < 4.78 is 54.3. The molecule has 3 aromatic rings. The van der Waals surface area contributed by atoms with E-state index in [0.717, 1.165) is 28.3 Å². The number of hydrogen-bond donors (Lipinski definition) is 5. The lowest BCUT2D eigenvalue weighted by Gasteiger charge is -2.20. The summed E-state index contributed by atoms with van der Waals surface area (Å²) in [6.45, 7) is 0.118. The molecule has 0 aliphatic heterocycles. The number of sulfonamides is 1. The second-order valence-corrected chi connectivity index (χ2v) is 11.7. The molecule has 1 atom stereocenters. The van der Waals surface area contributed by atoms with Crippen LogP contribution in [0.5, 0.6) is 0 Å². The van der Waals surface area contributed by atoms with Crippen LogP contribution in [0.2, 0.25) is 0 Å².